The highest BCUT2D eigenvalue weighted by Crippen LogP contribution is 2.20. The number of carboxylic acids is 1. The lowest BCUT2D eigenvalue weighted by atomic mass is 9.95. The summed E-state index contributed by atoms with van der Waals surface area (Å²) >= 11 is 4.13. The summed E-state index contributed by atoms with van der Waals surface area (Å²) in [6.07, 6.45) is 2.06. The normalized spacial score (nSPS) is 17.7. The summed E-state index contributed by atoms with van der Waals surface area (Å²) in [7, 11) is 0. The number of aliphatic carboxylic acids is 1. The lowest BCUT2D eigenvalue weighted by Crippen LogP contribution is -2.62. The largest absolute Gasteiger partial charge is 0.480 e. The Labute approximate surface area is 385 Å². The van der Waals surface area contributed by atoms with Gasteiger partial charge >= 0.3 is 5.97 Å². The number of nitrogens with one attached hydrogen (secondary N) is 7. The molecule has 364 valence electrons. The van der Waals surface area contributed by atoms with Crippen LogP contribution in [0.5, 0.6) is 0 Å². The Bertz CT molecular complexity index is 1790. The highest BCUT2D eigenvalue weighted by molar-refractivity contribution is 7.80. The smallest absolute Gasteiger partial charge is 0.326 e. The van der Waals surface area contributed by atoms with E-state index in [4.69, 9.17) is 5.73 Å². The predicted octanol–water partition coefficient (Wildman–Crippen LogP) is -2.29. The molecule has 0 unspecified atom stereocenters. The first-order valence-corrected chi connectivity index (χ1v) is 22.6. The molecule has 21 nitrogen and oxygen atoms in total. The van der Waals surface area contributed by atoms with Gasteiger partial charge < -0.3 is 63.2 Å². The van der Waals surface area contributed by atoms with Crippen molar-refractivity contribution in [2.75, 3.05) is 32.1 Å². The summed E-state index contributed by atoms with van der Waals surface area (Å²) < 4.78 is 0. The maximum absolute atomic E-state index is 13.8. The molecule has 1 fully saturated rings. The second-order valence-corrected chi connectivity index (χ2v) is 17.1. The molecule has 10 atom stereocenters. The average molecular weight is 936 g/mol. The molecule has 1 aliphatic heterocycles. The molecule has 0 aliphatic carbocycles. The van der Waals surface area contributed by atoms with Crippen molar-refractivity contribution in [3.8, 4) is 0 Å². The number of aliphatic hydroxyl groups is 2. The molecule has 0 radical (unpaired) electrons. The van der Waals surface area contributed by atoms with E-state index in [0.717, 1.165) is 0 Å². The van der Waals surface area contributed by atoms with Crippen LogP contribution in [0.4, 0.5) is 0 Å². The van der Waals surface area contributed by atoms with Crippen molar-refractivity contribution in [2.24, 2.45) is 23.5 Å². The highest BCUT2D eigenvalue weighted by atomic mass is 32.1. The molecule has 0 saturated carbocycles. The van der Waals surface area contributed by atoms with E-state index < -0.39 is 127 Å². The number of aliphatic hydroxyl groups excluding tert-OH is 2. The Morgan fingerprint density at radius 2 is 1.23 bits per heavy atom. The van der Waals surface area contributed by atoms with Crippen LogP contribution in [0.3, 0.4) is 0 Å². The fraction of sp³-hybridized carbons (Fsp3) is 0.651. The minimum atomic E-state index is -1.67. The third-order valence-electron chi connectivity index (χ3n) is 11.3. The monoisotopic (exact) mass is 935 g/mol. The molecule has 1 aliphatic rings. The van der Waals surface area contributed by atoms with Crippen molar-refractivity contribution < 1.29 is 58.5 Å². The highest BCUT2D eigenvalue weighted by Gasteiger charge is 2.38. The van der Waals surface area contributed by atoms with Crippen LogP contribution in [0.2, 0.25) is 0 Å². The molecule has 22 heteroatoms. The van der Waals surface area contributed by atoms with Gasteiger partial charge in [-0.05, 0) is 42.6 Å². The Hall–Kier alpha value is -5.32. The number of nitrogens with zero attached hydrogens (tertiary/aromatic N) is 1. The predicted molar refractivity (Wildman–Crippen MR) is 241 cm³/mol. The molecule has 1 aromatic carbocycles. The molecule has 2 rings (SSSR count). The minimum absolute atomic E-state index is 0.160. The number of likely N-dealkylation sites (tertiary alicyclic amines) is 1. The number of benzene rings is 1. The van der Waals surface area contributed by atoms with Crippen molar-refractivity contribution >= 4 is 65.9 Å². The summed E-state index contributed by atoms with van der Waals surface area (Å²) in [5.41, 5.74) is 6.62. The molecular formula is C43H69N9O12S. The van der Waals surface area contributed by atoms with E-state index in [9.17, 15) is 58.5 Å². The quantitative estimate of drug-likeness (QED) is 0.0414. The maximum Gasteiger partial charge on any atom is 0.326 e. The van der Waals surface area contributed by atoms with Crippen LogP contribution < -0.4 is 43.0 Å². The van der Waals surface area contributed by atoms with Gasteiger partial charge in [0.05, 0.1) is 25.8 Å². The van der Waals surface area contributed by atoms with Gasteiger partial charge in [-0.2, -0.15) is 12.6 Å². The van der Waals surface area contributed by atoms with Gasteiger partial charge in [-0.3, -0.25) is 38.4 Å². The Kier molecular flexibility index (Phi) is 23.9. The number of carbonyl (C=O) groups excluding carboxylic acids is 8. The summed E-state index contributed by atoms with van der Waals surface area (Å²) in [6, 6.07) is -1.84. The van der Waals surface area contributed by atoms with E-state index >= 15 is 0 Å². The van der Waals surface area contributed by atoms with Crippen LogP contribution in [-0.4, -0.2) is 154 Å². The van der Waals surface area contributed by atoms with E-state index in [1.165, 1.54) is 4.90 Å². The molecule has 1 heterocycles. The fourth-order valence-corrected chi connectivity index (χ4v) is 7.25. The molecular weight excluding hydrogens is 867 g/mol. The third-order valence-corrected chi connectivity index (χ3v) is 11.6. The van der Waals surface area contributed by atoms with Crippen LogP contribution >= 0.6 is 12.6 Å². The van der Waals surface area contributed by atoms with Gasteiger partial charge in [-0.25, -0.2) is 4.79 Å². The van der Waals surface area contributed by atoms with Crippen molar-refractivity contribution in [1.82, 2.24) is 42.1 Å². The molecule has 1 saturated heterocycles. The Balaban J connectivity index is 2.15. The number of amides is 8. The van der Waals surface area contributed by atoms with E-state index in [1.807, 2.05) is 13.8 Å². The van der Waals surface area contributed by atoms with E-state index in [2.05, 4.69) is 49.8 Å². The minimum Gasteiger partial charge on any atom is -0.480 e. The molecule has 12 N–H and O–H groups in total. The fourth-order valence-electron chi connectivity index (χ4n) is 7.00. The first-order valence-electron chi connectivity index (χ1n) is 22.0. The number of carboxylic acid groups (broad SMARTS) is 1. The third kappa shape index (κ3) is 17.5. The summed E-state index contributed by atoms with van der Waals surface area (Å²) in [6.45, 7) is 8.56. The van der Waals surface area contributed by atoms with Gasteiger partial charge in [0.15, 0.2) is 0 Å². The number of rotatable bonds is 27. The zero-order chi connectivity index (χ0) is 49.0. The van der Waals surface area contributed by atoms with Crippen molar-refractivity contribution in [2.45, 2.75) is 128 Å². The van der Waals surface area contributed by atoms with Gasteiger partial charge in [0.2, 0.25) is 47.3 Å². The summed E-state index contributed by atoms with van der Waals surface area (Å²) in [5, 5.41) is 47.1. The second kappa shape index (κ2) is 27.9. The zero-order valence-electron chi connectivity index (χ0n) is 38.0. The number of thiol groups is 1. The lowest BCUT2D eigenvalue weighted by molar-refractivity contribution is -0.144. The number of hydrogen-bond donors (Lipinski definition) is 12. The van der Waals surface area contributed by atoms with Crippen molar-refractivity contribution in [3.05, 3.63) is 35.9 Å². The van der Waals surface area contributed by atoms with Gasteiger partial charge in [-0.15, -0.1) is 0 Å². The molecule has 0 spiro atoms. The SMILES string of the molecule is CC[C@H](C)[C@H](NC(=O)[C@@H](NC(=O)[C@H](CO)NC(=O)[C@H](Cc1ccccc1)NC(=O)[C@H](CO)NC(=O)[C@H](CS)NC(=O)CNC(=O)[C@@H]1CCCN1C(=O)[C@@H](N)CC(C)C)[C@@H](C)CC)C(=O)O. The van der Waals surface area contributed by atoms with Gasteiger partial charge in [0.25, 0.3) is 0 Å². The topological polar surface area (TPSA) is 328 Å². The Morgan fingerprint density at radius 1 is 0.723 bits per heavy atom. The zero-order valence-corrected chi connectivity index (χ0v) is 38.9. The molecule has 1 aromatic rings. The van der Waals surface area contributed by atoms with E-state index in [1.54, 1.807) is 58.0 Å². The summed E-state index contributed by atoms with van der Waals surface area (Å²) in [4.78, 5) is 120. The van der Waals surface area contributed by atoms with Crippen molar-refractivity contribution in [1.29, 1.82) is 0 Å². The van der Waals surface area contributed by atoms with Crippen LogP contribution in [0.15, 0.2) is 30.3 Å². The number of hydrogen-bond acceptors (Lipinski definition) is 13. The summed E-state index contributed by atoms with van der Waals surface area (Å²) in [5.74, 6) is -8.71. The van der Waals surface area contributed by atoms with Crippen LogP contribution in [0.25, 0.3) is 0 Å². The lowest BCUT2D eigenvalue weighted by Gasteiger charge is -2.29. The maximum atomic E-state index is 13.8. The average Bonchev–Trinajstić information content (AvgIpc) is 3.78. The van der Waals surface area contributed by atoms with Crippen LogP contribution in [-0.2, 0) is 49.6 Å². The van der Waals surface area contributed by atoms with Gasteiger partial charge in [0.1, 0.15) is 42.3 Å². The molecule has 65 heavy (non-hydrogen) atoms. The Morgan fingerprint density at radius 3 is 1.75 bits per heavy atom. The van der Waals surface area contributed by atoms with Gasteiger partial charge in [0, 0.05) is 18.7 Å². The number of carbonyl (C=O) groups is 9. The molecule has 0 aromatic heterocycles. The van der Waals surface area contributed by atoms with Gasteiger partial charge in [-0.1, -0.05) is 84.7 Å². The number of nitrogens with two attached hydrogens (primary N) is 1. The first kappa shape index (κ1) is 55.8. The van der Waals surface area contributed by atoms with E-state index in [0.29, 0.717) is 44.2 Å². The van der Waals surface area contributed by atoms with E-state index in [-0.39, 0.29) is 24.0 Å². The molecule has 8 amide bonds. The van der Waals surface area contributed by atoms with Crippen molar-refractivity contribution in [3.63, 3.8) is 0 Å². The second-order valence-electron chi connectivity index (χ2n) is 16.8. The standard InChI is InChI=1S/C43H69N9O12S/c1-7-24(5)34(41(61)51-35(43(63)64)25(6)8-2)50-38(58)30(21-54)48-36(56)28(18-26-13-10-9-11-14-26)47-37(57)29(20-53)49-39(59)31(22-65)46-33(55)19-45-40(60)32-15-12-16-52(32)42(62)27(44)17-23(3)4/h9-11,13-14,23-25,27-32,34-35,53-54,65H,7-8,12,15-22,44H2,1-6H3,(H,45,60)(H,46,55)(H,47,57)(H,48,56)(H,49,59)(H,50,58)(H,51,61)(H,63,64)/t24-,25-,27-,28-,29-,30-,31-,32-,34-,35-/m0/s1. The van der Waals surface area contributed by atoms with Crippen LogP contribution in [0, 0.1) is 17.8 Å². The molecule has 0 bridgehead atoms. The first-order chi connectivity index (χ1) is 30.7. The van der Waals surface area contributed by atoms with Crippen LogP contribution in [0.1, 0.15) is 79.2 Å².